The van der Waals surface area contributed by atoms with E-state index < -0.39 is 24.1 Å². The Morgan fingerprint density at radius 2 is 1.85 bits per heavy atom. The van der Waals surface area contributed by atoms with Crippen LogP contribution in [0.4, 0.5) is 5.69 Å². The maximum Gasteiger partial charge on any atom is 0.341 e. The Morgan fingerprint density at radius 1 is 1.13 bits per heavy atom. The zero-order valence-corrected chi connectivity index (χ0v) is 23.0. The summed E-state index contributed by atoms with van der Waals surface area (Å²) >= 11 is 0. The number of β-amino-alcohol motifs (C(OH)–C–C–N with tert-alkyl or cyclic N) is 1. The minimum absolute atomic E-state index is 0. The molecule has 0 saturated heterocycles. The number of nitrogens with one attached hydrogen (secondary N) is 3. The number of carboxylic acid groups (broad SMARTS) is 1. The highest BCUT2D eigenvalue weighted by Crippen LogP contribution is 2.52. The predicted molar refractivity (Wildman–Crippen MR) is 151 cm³/mol. The Bertz CT molecular complexity index is 1350. The van der Waals surface area contributed by atoms with Gasteiger partial charge in [0.25, 0.3) is 0 Å². The van der Waals surface area contributed by atoms with Gasteiger partial charge in [0, 0.05) is 34.9 Å². The highest BCUT2D eigenvalue weighted by molar-refractivity contribution is 6.07. The number of aliphatic carboxylic acids is 1. The van der Waals surface area contributed by atoms with Gasteiger partial charge in [0.2, 0.25) is 5.91 Å². The number of carbonyl (C=O) groups is 2. The summed E-state index contributed by atoms with van der Waals surface area (Å²) in [6, 6.07) is 11.2. The quantitative estimate of drug-likeness (QED) is 0.239. The minimum Gasteiger partial charge on any atom is -0.490 e. The summed E-state index contributed by atoms with van der Waals surface area (Å²) in [6.07, 6.45) is 5.54. The number of hydrogen-bond donors (Lipinski definition) is 5. The van der Waals surface area contributed by atoms with Gasteiger partial charge in [-0.2, -0.15) is 0 Å². The lowest BCUT2D eigenvalue weighted by Crippen LogP contribution is -2.46. The molecule has 1 atom stereocenters. The Kier molecular flexibility index (Phi) is 8.44. The van der Waals surface area contributed by atoms with E-state index in [1.165, 1.54) is 0 Å². The lowest BCUT2D eigenvalue weighted by Gasteiger charge is -2.28. The summed E-state index contributed by atoms with van der Waals surface area (Å²) in [5.41, 5.74) is 2.73. The molecule has 0 bridgehead atoms. The van der Waals surface area contributed by atoms with Gasteiger partial charge in [-0.3, -0.25) is 4.79 Å². The van der Waals surface area contributed by atoms with E-state index in [0.717, 1.165) is 53.4 Å². The van der Waals surface area contributed by atoms with Crippen molar-refractivity contribution in [2.75, 3.05) is 25.1 Å². The first-order valence-electron chi connectivity index (χ1n) is 13.1. The largest absolute Gasteiger partial charge is 0.490 e. The van der Waals surface area contributed by atoms with E-state index in [0.29, 0.717) is 24.5 Å². The Morgan fingerprint density at radius 3 is 2.59 bits per heavy atom. The average molecular weight is 558 g/mol. The fraction of sp³-hybridized carbons (Fsp3) is 0.448. The summed E-state index contributed by atoms with van der Waals surface area (Å²) in [7, 11) is 0. The molecule has 1 aromatic heterocycles. The summed E-state index contributed by atoms with van der Waals surface area (Å²) in [4.78, 5) is 26.9. The zero-order valence-electron chi connectivity index (χ0n) is 22.2. The molecule has 5 N–H and O–H groups in total. The molecule has 2 aromatic carbocycles. The summed E-state index contributed by atoms with van der Waals surface area (Å²) in [5, 5.41) is 27.1. The number of H-pyrrole nitrogens is 1. The molecule has 5 rings (SSSR count). The van der Waals surface area contributed by atoms with Crippen LogP contribution in [0.2, 0.25) is 0 Å². The number of rotatable bonds is 11. The number of amides is 1. The fourth-order valence-corrected chi connectivity index (χ4v) is 5.83. The molecule has 39 heavy (non-hydrogen) atoms. The molecule has 1 amide bonds. The van der Waals surface area contributed by atoms with Gasteiger partial charge in [-0.05, 0) is 56.9 Å². The van der Waals surface area contributed by atoms with E-state index in [1.54, 1.807) is 6.07 Å². The first kappa shape index (κ1) is 28.7. The van der Waals surface area contributed by atoms with Crippen molar-refractivity contribution in [1.82, 2.24) is 10.3 Å². The van der Waals surface area contributed by atoms with Crippen LogP contribution in [0.3, 0.4) is 0 Å². The van der Waals surface area contributed by atoms with E-state index in [2.05, 4.69) is 29.5 Å². The smallest absolute Gasteiger partial charge is 0.341 e. The highest BCUT2D eigenvalue weighted by Gasteiger charge is 2.50. The minimum atomic E-state index is -1.03. The van der Waals surface area contributed by atoms with Crippen LogP contribution in [-0.4, -0.2) is 58.5 Å². The van der Waals surface area contributed by atoms with Gasteiger partial charge in [0.15, 0.2) is 6.61 Å². The van der Waals surface area contributed by atoms with Crippen LogP contribution in [-0.2, 0) is 21.4 Å². The summed E-state index contributed by atoms with van der Waals surface area (Å²) in [5.74, 6) is 0.198. The first-order chi connectivity index (χ1) is 18.2. The van der Waals surface area contributed by atoms with Crippen LogP contribution in [0.25, 0.3) is 10.9 Å². The highest BCUT2D eigenvalue weighted by atomic mass is 35.5. The third-order valence-electron chi connectivity index (χ3n) is 7.64. The topological polar surface area (TPSA) is 133 Å². The zero-order chi connectivity index (χ0) is 26.9. The van der Waals surface area contributed by atoms with Gasteiger partial charge < -0.3 is 35.3 Å². The normalized spacial score (nSPS) is 16.5. The number of fused-ring (bicyclic) bond motifs is 3. The van der Waals surface area contributed by atoms with Crippen molar-refractivity contribution in [2.45, 2.75) is 63.0 Å². The van der Waals surface area contributed by atoms with Gasteiger partial charge in [-0.25, -0.2) is 4.79 Å². The molecular weight excluding hydrogens is 522 g/mol. The second-order valence-electron chi connectivity index (χ2n) is 11.0. The molecule has 1 fully saturated rings. The van der Waals surface area contributed by atoms with E-state index in [9.17, 15) is 14.7 Å². The summed E-state index contributed by atoms with van der Waals surface area (Å²) < 4.78 is 11.5. The number of anilines is 1. The molecule has 3 aromatic rings. The van der Waals surface area contributed by atoms with Gasteiger partial charge in [0.1, 0.15) is 24.2 Å². The first-order valence-corrected chi connectivity index (χ1v) is 13.1. The van der Waals surface area contributed by atoms with E-state index in [-0.39, 0.29) is 30.5 Å². The predicted octanol–water partition coefficient (Wildman–Crippen LogP) is 4.17. The number of carboxylic acids is 1. The lowest BCUT2D eigenvalue weighted by molar-refractivity contribution is -0.139. The number of para-hydroxylation sites is 1. The lowest BCUT2D eigenvalue weighted by atomic mass is 9.79. The molecule has 2 heterocycles. The molecule has 10 heteroatoms. The number of aromatic nitrogens is 1. The van der Waals surface area contributed by atoms with Gasteiger partial charge >= 0.3 is 5.97 Å². The number of hydrogen-bond acceptors (Lipinski definition) is 6. The molecule has 0 radical (unpaired) electrons. The Hall–Kier alpha value is -3.27. The third-order valence-corrected chi connectivity index (χ3v) is 7.64. The van der Waals surface area contributed by atoms with Crippen molar-refractivity contribution in [1.29, 1.82) is 0 Å². The standard InChI is InChI=1S/C29H35N3O6.ClH/c1-28(2,13-18-14-30-26-20(18)7-5-10-23(26)38-17-24(34)35)31-15-19(33)16-37-22-9-6-8-21-25(22)29(27(36)32-21)11-3-4-12-29;/h5-10,14,19,30-31,33H,3-4,11-13,15-17H2,1-2H3,(H,32,36)(H,34,35);1H/t19-;/m0./s1. The number of halogens is 1. The van der Waals surface area contributed by atoms with Crippen molar-refractivity contribution in [3.8, 4) is 11.5 Å². The molecule has 1 saturated carbocycles. The maximum atomic E-state index is 12.8. The van der Waals surface area contributed by atoms with Crippen LogP contribution in [0.5, 0.6) is 11.5 Å². The van der Waals surface area contributed by atoms with Crippen molar-refractivity contribution in [3.63, 3.8) is 0 Å². The van der Waals surface area contributed by atoms with Crippen molar-refractivity contribution in [2.24, 2.45) is 0 Å². The Labute approximate surface area is 233 Å². The van der Waals surface area contributed by atoms with Crippen LogP contribution < -0.4 is 20.1 Å². The fourth-order valence-electron chi connectivity index (χ4n) is 5.83. The molecule has 1 spiro atoms. The number of aromatic amines is 1. The number of benzene rings is 2. The monoisotopic (exact) mass is 557 g/mol. The molecule has 1 aliphatic carbocycles. The van der Waals surface area contributed by atoms with Gasteiger partial charge in [-0.15, -0.1) is 12.4 Å². The molecule has 9 nitrogen and oxygen atoms in total. The Balaban J connectivity index is 0.00000353. The maximum absolute atomic E-state index is 12.8. The van der Waals surface area contributed by atoms with Crippen LogP contribution >= 0.6 is 12.4 Å². The SMILES string of the molecule is CC(C)(Cc1c[nH]c2c(OCC(=O)O)cccc12)NC[C@H](O)COc1cccc2c1C1(CCCC1)C(=O)N2.Cl. The molecule has 1 aliphatic heterocycles. The number of ether oxygens (including phenoxy) is 2. The second-order valence-corrected chi connectivity index (χ2v) is 11.0. The van der Waals surface area contributed by atoms with Crippen molar-refractivity contribution < 1.29 is 29.3 Å². The van der Waals surface area contributed by atoms with Crippen LogP contribution in [0, 0.1) is 0 Å². The van der Waals surface area contributed by atoms with E-state index in [1.807, 2.05) is 36.5 Å². The number of carbonyl (C=O) groups excluding carboxylic acids is 1. The van der Waals surface area contributed by atoms with Crippen LogP contribution in [0.1, 0.15) is 50.7 Å². The van der Waals surface area contributed by atoms with Crippen LogP contribution in [0.15, 0.2) is 42.6 Å². The summed E-state index contributed by atoms with van der Waals surface area (Å²) in [6.45, 7) is 4.17. The average Bonchev–Trinajstić information content (AvgIpc) is 3.60. The van der Waals surface area contributed by atoms with E-state index in [4.69, 9.17) is 14.6 Å². The number of aliphatic hydroxyl groups is 1. The van der Waals surface area contributed by atoms with Gasteiger partial charge in [0.05, 0.1) is 10.9 Å². The van der Waals surface area contributed by atoms with Gasteiger partial charge in [-0.1, -0.05) is 31.0 Å². The molecular formula is C29H36ClN3O6. The molecule has 210 valence electrons. The van der Waals surface area contributed by atoms with Crippen molar-refractivity contribution in [3.05, 3.63) is 53.7 Å². The second kappa shape index (κ2) is 11.5. The molecule has 2 aliphatic rings. The molecule has 0 unspecified atom stereocenters. The third kappa shape index (κ3) is 5.85. The van der Waals surface area contributed by atoms with E-state index >= 15 is 0 Å². The van der Waals surface area contributed by atoms with Crippen molar-refractivity contribution >= 4 is 40.9 Å². The number of aliphatic hydroxyl groups excluding tert-OH is 1.